The first-order valence-corrected chi connectivity index (χ1v) is 9.19. The SMILES string of the molecule is CCOC1CCC(c2nnc3n2-c2ccc(Cl)cc2CNC3)CC1. The van der Waals surface area contributed by atoms with Crippen molar-refractivity contribution in [3.05, 3.63) is 40.4 Å². The second kappa shape index (κ2) is 6.82. The van der Waals surface area contributed by atoms with Gasteiger partial charge in [0.05, 0.1) is 18.3 Å². The number of fused-ring (bicyclic) bond motifs is 3. The Morgan fingerprint density at radius 3 is 2.83 bits per heavy atom. The summed E-state index contributed by atoms with van der Waals surface area (Å²) in [7, 11) is 0. The van der Waals surface area contributed by atoms with Crippen molar-refractivity contribution in [3.63, 3.8) is 0 Å². The molecule has 2 heterocycles. The maximum absolute atomic E-state index is 6.18. The smallest absolute Gasteiger partial charge is 0.151 e. The van der Waals surface area contributed by atoms with E-state index in [0.29, 0.717) is 12.0 Å². The number of nitrogens with one attached hydrogen (secondary N) is 1. The molecule has 0 saturated heterocycles. The van der Waals surface area contributed by atoms with Gasteiger partial charge in [0, 0.05) is 24.1 Å². The van der Waals surface area contributed by atoms with Gasteiger partial charge in [-0.3, -0.25) is 4.57 Å². The van der Waals surface area contributed by atoms with E-state index < -0.39 is 0 Å². The normalized spacial score (nSPS) is 23.4. The van der Waals surface area contributed by atoms with E-state index in [9.17, 15) is 0 Å². The van der Waals surface area contributed by atoms with Crippen LogP contribution in [0.3, 0.4) is 0 Å². The Hall–Kier alpha value is -1.43. The highest BCUT2D eigenvalue weighted by Crippen LogP contribution is 2.35. The van der Waals surface area contributed by atoms with E-state index in [2.05, 4.69) is 33.1 Å². The van der Waals surface area contributed by atoms with Crippen LogP contribution >= 0.6 is 11.6 Å². The molecular weight excluding hydrogens is 324 g/mol. The molecule has 1 N–H and O–H groups in total. The number of benzene rings is 1. The molecule has 1 fully saturated rings. The Kier molecular flexibility index (Phi) is 4.57. The third kappa shape index (κ3) is 2.96. The largest absolute Gasteiger partial charge is 0.379 e. The lowest BCUT2D eigenvalue weighted by Crippen LogP contribution is -2.22. The van der Waals surface area contributed by atoms with E-state index in [1.807, 2.05) is 12.1 Å². The molecule has 4 rings (SSSR count). The molecule has 1 aliphatic heterocycles. The molecule has 1 aliphatic carbocycles. The van der Waals surface area contributed by atoms with Crippen molar-refractivity contribution in [2.45, 2.75) is 57.7 Å². The van der Waals surface area contributed by atoms with Crippen LogP contribution in [0.1, 0.15) is 55.7 Å². The van der Waals surface area contributed by atoms with Gasteiger partial charge in [0.2, 0.25) is 0 Å². The van der Waals surface area contributed by atoms with E-state index in [-0.39, 0.29) is 0 Å². The van der Waals surface area contributed by atoms with Gasteiger partial charge in [-0.15, -0.1) is 10.2 Å². The standard InChI is InChI=1S/C18H23ClN4O/c1-2-24-15-6-3-12(4-7-15)18-22-21-17-11-20-10-13-9-14(19)5-8-16(13)23(17)18/h5,8-9,12,15,20H,2-4,6-7,10-11H2,1H3. The van der Waals surface area contributed by atoms with Gasteiger partial charge in [0.1, 0.15) is 5.82 Å². The lowest BCUT2D eigenvalue weighted by molar-refractivity contribution is 0.0321. The predicted octanol–water partition coefficient (Wildman–Crippen LogP) is 3.59. The summed E-state index contributed by atoms with van der Waals surface area (Å²) >= 11 is 6.18. The molecule has 0 bridgehead atoms. The zero-order chi connectivity index (χ0) is 16.5. The molecular formula is C18H23ClN4O. The fourth-order valence-electron chi connectivity index (χ4n) is 3.92. The van der Waals surface area contributed by atoms with Gasteiger partial charge in [-0.2, -0.15) is 0 Å². The summed E-state index contributed by atoms with van der Waals surface area (Å²) in [5.74, 6) is 2.52. The number of hydrogen-bond donors (Lipinski definition) is 1. The molecule has 5 nitrogen and oxygen atoms in total. The van der Waals surface area contributed by atoms with Gasteiger partial charge in [-0.05, 0) is 56.4 Å². The van der Waals surface area contributed by atoms with E-state index in [4.69, 9.17) is 16.3 Å². The van der Waals surface area contributed by atoms with E-state index in [1.54, 1.807) is 0 Å². The number of halogens is 1. The molecule has 2 aromatic rings. The summed E-state index contributed by atoms with van der Waals surface area (Å²) in [5, 5.41) is 13.2. The van der Waals surface area contributed by atoms with Crippen molar-refractivity contribution in [3.8, 4) is 5.69 Å². The third-order valence-electron chi connectivity index (χ3n) is 5.08. The third-order valence-corrected chi connectivity index (χ3v) is 5.31. The van der Waals surface area contributed by atoms with Crippen LogP contribution in [0.4, 0.5) is 0 Å². The minimum Gasteiger partial charge on any atom is -0.379 e. The van der Waals surface area contributed by atoms with Gasteiger partial charge in [-0.1, -0.05) is 11.6 Å². The molecule has 0 atom stereocenters. The summed E-state index contributed by atoms with van der Waals surface area (Å²) in [5.41, 5.74) is 2.36. The first kappa shape index (κ1) is 16.1. The highest BCUT2D eigenvalue weighted by molar-refractivity contribution is 6.30. The summed E-state index contributed by atoms with van der Waals surface area (Å²) in [6, 6.07) is 6.08. The Labute approximate surface area is 147 Å². The van der Waals surface area contributed by atoms with Crippen LogP contribution in [0.5, 0.6) is 0 Å². The number of rotatable bonds is 3. The molecule has 0 radical (unpaired) electrons. The van der Waals surface area contributed by atoms with Crippen molar-refractivity contribution in [2.24, 2.45) is 0 Å². The molecule has 0 spiro atoms. The Bertz CT molecular complexity index is 722. The average molecular weight is 347 g/mol. The highest BCUT2D eigenvalue weighted by atomic mass is 35.5. The first-order valence-electron chi connectivity index (χ1n) is 8.81. The van der Waals surface area contributed by atoms with Crippen molar-refractivity contribution >= 4 is 11.6 Å². The summed E-state index contributed by atoms with van der Waals surface area (Å²) in [6.45, 7) is 4.40. The van der Waals surface area contributed by atoms with Crippen molar-refractivity contribution < 1.29 is 4.74 Å². The van der Waals surface area contributed by atoms with E-state index in [0.717, 1.165) is 67.7 Å². The van der Waals surface area contributed by atoms with Crippen LogP contribution in [0, 0.1) is 0 Å². The number of aromatic nitrogens is 3. The molecule has 6 heteroatoms. The van der Waals surface area contributed by atoms with Crippen LogP contribution in [0.15, 0.2) is 18.2 Å². The Morgan fingerprint density at radius 2 is 2.04 bits per heavy atom. The molecule has 0 amide bonds. The van der Waals surface area contributed by atoms with Crippen LogP contribution < -0.4 is 5.32 Å². The maximum atomic E-state index is 6.18. The fraction of sp³-hybridized carbons (Fsp3) is 0.556. The predicted molar refractivity (Wildman–Crippen MR) is 93.5 cm³/mol. The monoisotopic (exact) mass is 346 g/mol. The van der Waals surface area contributed by atoms with Crippen LogP contribution in [-0.2, 0) is 17.8 Å². The molecule has 2 aliphatic rings. The summed E-state index contributed by atoms with van der Waals surface area (Å²) in [6.07, 6.45) is 4.84. The van der Waals surface area contributed by atoms with Gasteiger partial charge in [0.25, 0.3) is 0 Å². The Morgan fingerprint density at radius 1 is 1.21 bits per heavy atom. The quantitative estimate of drug-likeness (QED) is 0.922. The van der Waals surface area contributed by atoms with Gasteiger partial charge >= 0.3 is 0 Å². The summed E-state index contributed by atoms with van der Waals surface area (Å²) in [4.78, 5) is 0. The first-order chi connectivity index (χ1) is 11.8. The second-order valence-corrected chi connectivity index (χ2v) is 7.05. The lowest BCUT2D eigenvalue weighted by Gasteiger charge is -2.28. The topological polar surface area (TPSA) is 52.0 Å². The fourth-order valence-corrected chi connectivity index (χ4v) is 4.11. The molecule has 1 aromatic heterocycles. The minimum atomic E-state index is 0.408. The molecule has 1 aromatic carbocycles. The van der Waals surface area contributed by atoms with Crippen LogP contribution in [0.25, 0.3) is 5.69 Å². The highest BCUT2D eigenvalue weighted by Gasteiger charge is 2.29. The number of ether oxygens (including phenoxy) is 1. The van der Waals surface area contributed by atoms with Crippen LogP contribution in [0.2, 0.25) is 5.02 Å². The van der Waals surface area contributed by atoms with E-state index in [1.165, 1.54) is 5.56 Å². The zero-order valence-corrected chi connectivity index (χ0v) is 14.7. The van der Waals surface area contributed by atoms with E-state index >= 15 is 0 Å². The van der Waals surface area contributed by atoms with Crippen molar-refractivity contribution in [1.29, 1.82) is 0 Å². The van der Waals surface area contributed by atoms with Gasteiger partial charge in [-0.25, -0.2) is 0 Å². The van der Waals surface area contributed by atoms with Crippen LogP contribution in [-0.4, -0.2) is 27.5 Å². The Balaban J connectivity index is 1.66. The van der Waals surface area contributed by atoms with Crippen molar-refractivity contribution in [1.82, 2.24) is 20.1 Å². The minimum absolute atomic E-state index is 0.408. The molecule has 24 heavy (non-hydrogen) atoms. The summed E-state index contributed by atoms with van der Waals surface area (Å²) < 4.78 is 8.03. The molecule has 0 unspecified atom stereocenters. The molecule has 128 valence electrons. The number of nitrogens with zero attached hydrogens (tertiary/aromatic N) is 3. The average Bonchev–Trinajstić information content (AvgIpc) is 2.92. The zero-order valence-electron chi connectivity index (χ0n) is 14.0. The maximum Gasteiger partial charge on any atom is 0.151 e. The lowest BCUT2D eigenvalue weighted by atomic mass is 9.86. The van der Waals surface area contributed by atoms with Crippen molar-refractivity contribution in [2.75, 3.05) is 6.61 Å². The molecule has 1 saturated carbocycles. The van der Waals surface area contributed by atoms with Gasteiger partial charge in [0.15, 0.2) is 5.82 Å². The number of hydrogen-bond acceptors (Lipinski definition) is 4. The van der Waals surface area contributed by atoms with Gasteiger partial charge < -0.3 is 10.1 Å². The second-order valence-electron chi connectivity index (χ2n) is 6.62.